The molecule has 0 radical (unpaired) electrons. The summed E-state index contributed by atoms with van der Waals surface area (Å²) in [6.07, 6.45) is 0.674. The van der Waals surface area contributed by atoms with Gasteiger partial charge in [-0.1, -0.05) is 0 Å². The van der Waals surface area contributed by atoms with Crippen LogP contribution < -0.4 is 4.90 Å². The van der Waals surface area contributed by atoms with Gasteiger partial charge in [0.25, 0.3) is 5.91 Å². The number of amides is 1. The van der Waals surface area contributed by atoms with Crippen LogP contribution in [0.1, 0.15) is 10.4 Å². The zero-order valence-corrected chi connectivity index (χ0v) is 16.4. The van der Waals surface area contributed by atoms with Crippen LogP contribution in [0.3, 0.4) is 0 Å². The summed E-state index contributed by atoms with van der Waals surface area (Å²) in [7, 11) is -0.520. The van der Waals surface area contributed by atoms with Crippen LogP contribution in [0.2, 0.25) is 0 Å². The predicted octanol–water partition coefficient (Wildman–Crippen LogP) is -0.757. The molecule has 2 saturated heterocycles. The fourth-order valence-electron chi connectivity index (χ4n) is 3.28. The van der Waals surface area contributed by atoms with Crippen LogP contribution in [0, 0.1) is 5.92 Å². The molecular formula is C17H26N4O5S. The fourth-order valence-corrected chi connectivity index (χ4v) is 4.44. The lowest BCUT2D eigenvalue weighted by molar-refractivity contribution is 0.0764. The molecule has 9 nitrogen and oxygen atoms in total. The van der Waals surface area contributed by atoms with Crippen molar-refractivity contribution in [3.05, 3.63) is 23.9 Å². The van der Waals surface area contributed by atoms with Crippen LogP contribution in [0.15, 0.2) is 18.3 Å². The molecule has 27 heavy (non-hydrogen) atoms. The molecule has 10 heteroatoms. The molecule has 150 valence electrons. The van der Waals surface area contributed by atoms with Crippen molar-refractivity contribution in [2.45, 2.75) is 6.10 Å². The van der Waals surface area contributed by atoms with E-state index < -0.39 is 22.0 Å². The molecule has 0 bridgehead atoms. The Hall–Kier alpha value is -1.75. The number of hydrogen-bond acceptors (Lipinski definition) is 7. The van der Waals surface area contributed by atoms with Gasteiger partial charge in [0.15, 0.2) is 0 Å². The SMILES string of the molecule is CN(C)S(=O)(=O)C[C@@H]1CN(C(=O)c2ccc(N3CCOCC3)nc2)C[C@@H]1O. The second-order valence-electron chi connectivity index (χ2n) is 7.10. The summed E-state index contributed by atoms with van der Waals surface area (Å²) in [6.45, 7) is 3.17. The molecule has 0 aliphatic carbocycles. The average molecular weight is 398 g/mol. The molecule has 3 heterocycles. The van der Waals surface area contributed by atoms with E-state index in [2.05, 4.69) is 9.88 Å². The molecule has 0 aromatic carbocycles. The van der Waals surface area contributed by atoms with Crippen molar-refractivity contribution in [2.24, 2.45) is 5.92 Å². The Labute approximate surface area is 159 Å². The number of rotatable bonds is 5. The van der Waals surface area contributed by atoms with E-state index in [1.165, 1.54) is 25.2 Å². The molecular weight excluding hydrogens is 372 g/mol. The first-order valence-electron chi connectivity index (χ1n) is 8.94. The molecule has 3 rings (SSSR count). The summed E-state index contributed by atoms with van der Waals surface area (Å²) >= 11 is 0. The van der Waals surface area contributed by atoms with Gasteiger partial charge in [0, 0.05) is 52.4 Å². The average Bonchev–Trinajstić information content (AvgIpc) is 3.02. The summed E-state index contributed by atoms with van der Waals surface area (Å²) in [5, 5.41) is 10.2. The zero-order valence-electron chi connectivity index (χ0n) is 15.6. The summed E-state index contributed by atoms with van der Waals surface area (Å²) < 4.78 is 30.6. The molecule has 2 fully saturated rings. The molecule has 1 N–H and O–H groups in total. The van der Waals surface area contributed by atoms with Gasteiger partial charge in [-0.3, -0.25) is 4.79 Å². The Morgan fingerprint density at radius 3 is 2.59 bits per heavy atom. The zero-order chi connectivity index (χ0) is 19.6. The first-order chi connectivity index (χ1) is 12.8. The van der Waals surface area contributed by atoms with Gasteiger partial charge in [-0.15, -0.1) is 0 Å². The number of aromatic nitrogens is 1. The van der Waals surface area contributed by atoms with Crippen molar-refractivity contribution in [3.63, 3.8) is 0 Å². The number of pyridine rings is 1. The van der Waals surface area contributed by atoms with E-state index in [1.54, 1.807) is 12.1 Å². The van der Waals surface area contributed by atoms with Crippen molar-refractivity contribution in [1.82, 2.24) is 14.2 Å². The summed E-state index contributed by atoms with van der Waals surface area (Å²) in [6, 6.07) is 3.52. The molecule has 1 aromatic heterocycles. The maximum atomic E-state index is 12.7. The standard InChI is InChI=1S/C17H26N4O5S/c1-19(2)27(24,25)12-14-10-21(11-15(14)22)17(23)13-3-4-16(18-9-13)20-5-7-26-8-6-20/h3-4,9,14-15,22H,5-8,10-12H2,1-2H3/t14-,15-/m0/s1. The number of ether oxygens (including phenoxy) is 1. The van der Waals surface area contributed by atoms with E-state index in [1.807, 2.05) is 0 Å². The Morgan fingerprint density at radius 1 is 1.30 bits per heavy atom. The smallest absolute Gasteiger partial charge is 0.255 e. The largest absolute Gasteiger partial charge is 0.391 e. The third kappa shape index (κ3) is 4.57. The number of aliphatic hydroxyl groups is 1. The lowest BCUT2D eigenvalue weighted by Crippen LogP contribution is -2.36. The molecule has 0 spiro atoms. The summed E-state index contributed by atoms with van der Waals surface area (Å²) in [5.74, 6) is -0.132. The van der Waals surface area contributed by atoms with Gasteiger partial charge in [-0.05, 0) is 12.1 Å². The lowest BCUT2D eigenvalue weighted by atomic mass is 10.1. The number of β-amino-alcohol motifs (C(OH)–C–C–N with tert-alkyl or cyclic N) is 1. The van der Waals surface area contributed by atoms with Crippen LogP contribution in [-0.4, -0.2) is 99.0 Å². The number of carbonyl (C=O) groups excluding carboxylic acids is 1. The highest BCUT2D eigenvalue weighted by Crippen LogP contribution is 2.22. The quantitative estimate of drug-likeness (QED) is 0.696. The van der Waals surface area contributed by atoms with Crippen molar-refractivity contribution in [2.75, 3.05) is 64.1 Å². The third-order valence-electron chi connectivity index (χ3n) is 5.00. The maximum absolute atomic E-state index is 12.7. The van der Waals surface area contributed by atoms with E-state index in [9.17, 15) is 18.3 Å². The Morgan fingerprint density at radius 2 is 2.00 bits per heavy atom. The van der Waals surface area contributed by atoms with E-state index in [0.717, 1.165) is 23.2 Å². The number of sulfonamides is 1. The number of carbonyl (C=O) groups is 1. The van der Waals surface area contributed by atoms with E-state index in [0.29, 0.717) is 18.8 Å². The summed E-state index contributed by atoms with van der Waals surface area (Å²) in [5.41, 5.74) is 0.426. The van der Waals surface area contributed by atoms with Crippen molar-refractivity contribution in [3.8, 4) is 0 Å². The van der Waals surface area contributed by atoms with Crippen LogP contribution in [0.25, 0.3) is 0 Å². The first-order valence-corrected chi connectivity index (χ1v) is 10.5. The van der Waals surface area contributed by atoms with Gasteiger partial charge >= 0.3 is 0 Å². The van der Waals surface area contributed by atoms with E-state index >= 15 is 0 Å². The Balaban J connectivity index is 1.64. The van der Waals surface area contributed by atoms with Crippen molar-refractivity contribution in [1.29, 1.82) is 0 Å². The highest BCUT2D eigenvalue weighted by Gasteiger charge is 2.37. The van der Waals surface area contributed by atoms with Crippen molar-refractivity contribution >= 4 is 21.7 Å². The number of hydrogen-bond donors (Lipinski definition) is 1. The van der Waals surface area contributed by atoms with Gasteiger partial charge in [-0.25, -0.2) is 17.7 Å². The molecule has 0 unspecified atom stereocenters. The number of aliphatic hydroxyl groups excluding tert-OH is 1. The summed E-state index contributed by atoms with van der Waals surface area (Å²) in [4.78, 5) is 20.7. The Bertz CT molecular complexity index is 762. The third-order valence-corrected chi connectivity index (χ3v) is 6.97. The number of likely N-dealkylation sites (tertiary alicyclic amines) is 1. The first kappa shape index (κ1) is 20.0. The molecule has 2 aliphatic heterocycles. The topological polar surface area (TPSA) is 103 Å². The monoisotopic (exact) mass is 398 g/mol. The predicted molar refractivity (Wildman–Crippen MR) is 100 cm³/mol. The second-order valence-corrected chi connectivity index (χ2v) is 9.33. The normalized spacial score (nSPS) is 23.9. The minimum Gasteiger partial charge on any atom is -0.391 e. The molecule has 0 saturated carbocycles. The minimum absolute atomic E-state index is 0.123. The highest BCUT2D eigenvalue weighted by atomic mass is 32.2. The van der Waals surface area contributed by atoms with Gasteiger partial charge in [0.05, 0.1) is 30.6 Å². The number of morpholine rings is 1. The minimum atomic E-state index is -3.44. The van der Waals surface area contributed by atoms with Gasteiger partial charge in [0.1, 0.15) is 5.82 Å². The molecule has 1 amide bonds. The number of nitrogens with zero attached hydrogens (tertiary/aromatic N) is 4. The number of anilines is 1. The van der Waals surface area contributed by atoms with Crippen LogP contribution >= 0.6 is 0 Å². The maximum Gasteiger partial charge on any atom is 0.255 e. The fraction of sp³-hybridized carbons (Fsp3) is 0.647. The Kier molecular flexibility index (Phi) is 5.99. The van der Waals surface area contributed by atoms with Crippen LogP contribution in [0.5, 0.6) is 0 Å². The highest BCUT2D eigenvalue weighted by molar-refractivity contribution is 7.89. The molecule has 2 aliphatic rings. The van der Waals surface area contributed by atoms with Gasteiger partial charge in [0.2, 0.25) is 10.0 Å². The van der Waals surface area contributed by atoms with Gasteiger partial charge in [-0.2, -0.15) is 0 Å². The van der Waals surface area contributed by atoms with E-state index in [-0.39, 0.29) is 24.7 Å². The second kappa shape index (κ2) is 8.09. The molecule has 1 aromatic rings. The van der Waals surface area contributed by atoms with Crippen LogP contribution in [-0.2, 0) is 14.8 Å². The van der Waals surface area contributed by atoms with E-state index in [4.69, 9.17) is 4.74 Å². The van der Waals surface area contributed by atoms with Crippen LogP contribution in [0.4, 0.5) is 5.82 Å². The van der Waals surface area contributed by atoms with Crippen molar-refractivity contribution < 1.29 is 23.1 Å². The molecule has 2 atom stereocenters. The van der Waals surface area contributed by atoms with Gasteiger partial charge < -0.3 is 19.6 Å². The lowest BCUT2D eigenvalue weighted by Gasteiger charge is -2.27.